The molecular weight excluding hydrogens is 150 g/mol. The smallest absolute Gasteiger partial charge is 0.0558 e. The van der Waals surface area contributed by atoms with Crippen LogP contribution in [0.1, 0.15) is 33.1 Å². The molecule has 0 rings (SSSR count). The second kappa shape index (κ2) is 6.21. The van der Waals surface area contributed by atoms with E-state index in [9.17, 15) is 0 Å². The molecule has 0 fully saturated rings. The van der Waals surface area contributed by atoms with Crippen LogP contribution < -0.4 is 5.73 Å². The van der Waals surface area contributed by atoms with Gasteiger partial charge in [-0.25, -0.2) is 0 Å². The topological polar surface area (TPSA) is 35.2 Å². The highest BCUT2D eigenvalue weighted by Crippen LogP contribution is 2.10. The van der Waals surface area contributed by atoms with E-state index in [-0.39, 0.29) is 12.1 Å². The van der Waals surface area contributed by atoms with Crippen molar-refractivity contribution in [3.8, 4) is 0 Å². The highest BCUT2D eigenvalue weighted by Gasteiger charge is 2.08. The van der Waals surface area contributed by atoms with E-state index < -0.39 is 0 Å². The van der Waals surface area contributed by atoms with E-state index in [1.807, 2.05) is 6.92 Å². The van der Waals surface area contributed by atoms with Gasteiger partial charge in [0.15, 0.2) is 0 Å². The van der Waals surface area contributed by atoms with Gasteiger partial charge in [0.25, 0.3) is 0 Å². The first-order valence-electron chi connectivity index (χ1n) is 4.55. The fourth-order valence-electron chi connectivity index (χ4n) is 1.12. The minimum Gasteiger partial charge on any atom is -0.382 e. The minimum atomic E-state index is 0.201. The lowest BCUT2D eigenvalue weighted by Gasteiger charge is -2.16. The van der Waals surface area contributed by atoms with Crippen molar-refractivity contribution in [1.29, 1.82) is 0 Å². The van der Waals surface area contributed by atoms with E-state index in [0.717, 1.165) is 19.3 Å². The largest absolute Gasteiger partial charge is 0.382 e. The van der Waals surface area contributed by atoms with Gasteiger partial charge >= 0.3 is 0 Å². The van der Waals surface area contributed by atoms with E-state index in [0.29, 0.717) is 0 Å². The summed E-state index contributed by atoms with van der Waals surface area (Å²) in [5.41, 5.74) is 7.11. The summed E-state index contributed by atoms with van der Waals surface area (Å²) in [6.45, 7) is 8.07. The number of hydrogen-bond donors (Lipinski definition) is 1. The highest BCUT2D eigenvalue weighted by atomic mass is 16.5. The SMILES string of the molecule is C=C(CC)CC(N)CC(C)OC. The number of hydrogen-bond acceptors (Lipinski definition) is 2. The molecule has 2 N–H and O–H groups in total. The molecule has 12 heavy (non-hydrogen) atoms. The molecule has 2 nitrogen and oxygen atoms in total. The van der Waals surface area contributed by atoms with Crippen molar-refractivity contribution in [1.82, 2.24) is 0 Å². The average molecular weight is 171 g/mol. The summed E-state index contributed by atoms with van der Waals surface area (Å²) >= 11 is 0. The summed E-state index contributed by atoms with van der Waals surface area (Å²) in [5.74, 6) is 0. The first kappa shape index (κ1) is 11.7. The Kier molecular flexibility index (Phi) is 6.03. The molecule has 0 bridgehead atoms. The van der Waals surface area contributed by atoms with Gasteiger partial charge in [-0.2, -0.15) is 0 Å². The quantitative estimate of drug-likeness (QED) is 0.621. The van der Waals surface area contributed by atoms with Crippen LogP contribution in [-0.2, 0) is 4.74 Å². The third-order valence-corrected chi connectivity index (χ3v) is 2.09. The number of methoxy groups -OCH3 is 1. The molecule has 0 aliphatic rings. The van der Waals surface area contributed by atoms with Gasteiger partial charge in [-0.3, -0.25) is 0 Å². The maximum Gasteiger partial charge on any atom is 0.0558 e. The summed E-state index contributed by atoms with van der Waals surface area (Å²) in [7, 11) is 1.71. The van der Waals surface area contributed by atoms with Crippen LogP contribution in [-0.4, -0.2) is 19.3 Å². The van der Waals surface area contributed by atoms with Crippen LogP contribution in [0.15, 0.2) is 12.2 Å². The second-order valence-corrected chi connectivity index (χ2v) is 3.35. The molecule has 2 atom stereocenters. The summed E-state index contributed by atoms with van der Waals surface area (Å²) in [4.78, 5) is 0. The maximum atomic E-state index is 5.89. The van der Waals surface area contributed by atoms with E-state index in [2.05, 4.69) is 13.5 Å². The Morgan fingerprint density at radius 3 is 2.58 bits per heavy atom. The number of ether oxygens (including phenoxy) is 1. The Bertz CT molecular complexity index is 134. The van der Waals surface area contributed by atoms with Gasteiger partial charge in [0.2, 0.25) is 0 Å². The molecule has 0 aliphatic heterocycles. The molecule has 0 saturated heterocycles. The van der Waals surface area contributed by atoms with Crippen molar-refractivity contribution in [2.75, 3.05) is 7.11 Å². The normalized spacial score (nSPS) is 15.7. The molecule has 72 valence electrons. The molecule has 0 amide bonds. The van der Waals surface area contributed by atoms with Crippen molar-refractivity contribution in [3.05, 3.63) is 12.2 Å². The zero-order valence-corrected chi connectivity index (χ0v) is 8.47. The Hall–Kier alpha value is -0.340. The fraction of sp³-hybridized carbons (Fsp3) is 0.800. The van der Waals surface area contributed by atoms with Gasteiger partial charge < -0.3 is 10.5 Å². The lowest BCUT2D eigenvalue weighted by atomic mass is 10.0. The van der Waals surface area contributed by atoms with Crippen molar-refractivity contribution in [2.24, 2.45) is 5.73 Å². The summed E-state index contributed by atoms with van der Waals surface area (Å²) in [6.07, 6.45) is 3.11. The highest BCUT2D eigenvalue weighted by molar-refractivity contribution is 4.95. The molecular formula is C10H21NO. The van der Waals surface area contributed by atoms with E-state index >= 15 is 0 Å². The Morgan fingerprint density at radius 1 is 1.58 bits per heavy atom. The predicted octanol–water partition coefficient (Wildman–Crippen LogP) is 2.10. The van der Waals surface area contributed by atoms with Gasteiger partial charge in [0, 0.05) is 13.2 Å². The summed E-state index contributed by atoms with van der Waals surface area (Å²) in [6, 6.07) is 0.201. The third kappa shape index (κ3) is 5.33. The van der Waals surface area contributed by atoms with Crippen LogP contribution in [0, 0.1) is 0 Å². The zero-order valence-electron chi connectivity index (χ0n) is 8.47. The molecule has 0 saturated carbocycles. The molecule has 0 aromatic heterocycles. The van der Waals surface area contributed by atoms with Gasteiger partial charge in [-0.1, -0.05) is 19.1 Å². The molecule has 2 unspecified atom stereocenters. The number of nitrogens with two attached hydrogens (primary N) is 1. The maximum absolute atomic E-state index is 5.89. The Morgan fingerprint density at radius 2 is 2.17 bits per heavy atom. The van der Waals surface area contributed by atoms with Gasteiger partial charge in [0.05, 0.1) is 6.10 Å². The third-order valence-electron chi connectivity index (χ3n) is 2.09. The van der Waals surface area contributed by atoms with Crippen LogP contribution >= 0.6 is 0 Å². The molecule has 0 spiro atoms. The standard InChI is InChI=1S/C10H21NO/c1-5-8(2)6-10(11)7-9(3)12-4/h9-10H,2,5-7,11H2,1,3-4H3. The van der Waals surface area contributed by atoms with Crippen LogP contribution in [0.5, 0.6) is 0 Å². The minimum absolute atomic E-state index is 0.201. The van der Waals surface area contributed by atoms with Crippen molar-refractivity contribution < 1.29 is 4.74 Å². The van der Waals surface area contributed by atoms with Crippen molar-refractivity contribution in [3.63, 3.8) is 0 Å². The van der Waals surface area contributed by atoms with Crippen molar-refractivity contribution in [2.45, 2.75) is 45.3 Å². The van der Waals surface area contributed by atoms with Crippen LogP contribution in [0.4, 0.5) is 0 Å². The molecule has 0 radical (unpaired) electrons. The van der Waals surface area contributed by atoms with Crippen LogP contribution in [0.3, 0.4) is 0 Å². The lowest BCUT2D eigenvalue weighted by Crippen LogP contribution is -2.26. The Labute approximate surface area is 75.8 Å². The average Bonchev–Trinajstić information content (AvgIpc) is 2.03. The van der Waals surface area contributed by atoms with Gasteiger partial charge in [-0.15, -0.1) is 0 Å². The molecule has 0 heterocycles. The number of rotatable bonds is 6. The van der Waals surface area contributed by atoms with E-state index in [1.54, 1.807) is 7.11 Å². The Balaban J connectivity index is 3.58. The zero-order chi connectivity index (χ0) is 9.56. The molecule has 0 aliphatic carbocycles. The fourth-order valence-corrected chi connectivity index (χ4v) is 1.12. The molecule has 0 aromatic rings. The summed E-state index contributed by atoms with van der Waals surface area (Å²) < 4.78 is 5.13. The van der Waals surface area contributed by atoms with E-state index in [1.165, 1.54) is 5.57 Å². The monoisotopic (exact) mass is 171 g/mol. The van der Waals surface area contributed by atoms with Crippen LogP contribution in [0.2, 0.25) is 0 Å². The first-order valence-corrected chi connectivity index (χ1v) is 4.55. The van der Waals surface area contributed by atoms with Gasteiger partial charge in [0.1, 0.15) is 0 Å². The second-order valence-electron chi connectivity index (χ2n) is 3.35. The molecule has 2 heteroatoms. The predicted molar refractivity (Wildman–Crippen MR) is 53.1 cm³/mol. The van der Waals surface area contributed by atoms with Crippen LogP contribution in [0.25, 0.3) is 0 Å². The molecule has 0 aromatic carbocycles. The first-order chi connectivity index (χ1) is 5.60. The van der Waals surface area contributed by atoms with E-state index in [4.69, 9.17) is 10.5 Å². The lowest BCUT2D eigenvalue weighted by molar-refractivity contribution is 0.104. The van der Waals surface area contributed by atoms with Crippen molar-refractivity contribution >= 4 is 0 Å². The summed E-state index contributed by atoms with van der Waals surface area (Å²) in [5, 5.41) is 0. The van der Waals surface area contributed by atoms with Gasteiger partial charge in [-0.05, 0) is 26.2 Å².